The van der Waals surface area contributed by atoms with Crippen LogP contribution < -0.4 is 14.8 Å². The molecule has 1 saturated heterocycles. The van der Waals surface area contributed by atoms with Crippen LogP contribution in [-0.2, 0) is 14.8 Å². The summed E-state index contributed by atoms with van der Waals surface area (Å²) in [5.41, 5.74) is 1.77. The van der Waals surface area contributed by atoms with Crippen LogP contribution in [0.1, 0.15) is 43.2 Å². The number of methoxy groups -OCH3 is 2. The Morgan fingerprint density at radius 1 is 0.894 bits per heavy atom. The Morgan fingerprint density at radius 3 is 2.02 bits per heavy atom. The lowest BCUT2D eigenvalue weighted by Crippen LogP contribution is -2.38. The first-order chi connectivity index (χ1) is 22.4. The van der Waals surface area contributed by atoms with E-state index in [1.807, 2.05) is 78.9 Å². The third kappa shape index (κ3) is 6.35. The maximum absolute atomic E-state index is 11.8. The molecule has 1 aliphatic heterocycles. The van der Waals surface area contributed by atoms with Crippen LogP contribution >= 0.6 is 7.60 Å². The average molecular weight is 660 g/mol. The zero-order chi connectivity index (χ0) is 33.4. The lowest BCUT2D eigenvalue weighted by Gasteiger charge is -2.37. The molecular weight excluding hydrogens is 621 g/mol. The number of aliphatic hydroxyl groups excluding tert-OH is 1. The van der Waals surface area contributed by atoms with Gasteiger partial charge >= 0.3 is 7.60 Å². The molecule has 0 bridgehead atoms. The SMILES string of the molecule is COc1ccc(C(Nc2ncnc3c2ncn3[C@@H]2O[C@H](C(C)(C)CP(=O)(O)O)C[C@H]2O)(c2ccccc2)c2ccc(OC)cc2)cc1. The number of aliphatic hydroxyl groups is 1. The van der Waals surface area contributed by atoms with Crippen molar-refractivity contribution in [1.82, 2.24) is 19.5 Å². The minimum absolute atomic E-state index is 0.194. The molecule has 0 amide bonds. The van der Waals surface area contributed by atoms with Crippen LogP contribution in [0.4, 0.5) is 5.82 Å². The van der Waals surface area contributed by atoms with Crippen LogP contribution in [0, 0.1) is 5.41 Å². The molecule has 0 spiro atoms. The van der Waals surface area contributed by atoms with E-state index in [0.717, 1.165) is 16.7 Å². The van der Waals surface area contributed by atoms with Crippen LogP contribution in [0.15, 0.2) is 91.5 Å². The summed E-state index contributed by atoms with van der Waals surface area (Å²) in [7, 11) is -1.06. The predicted octanol–water partition coefficient (Wildman–Crippen LogP) is 5.10. The minimum atomic E-state index is -4.31. The summed E-state index contributed by atoms with van der Waals surface area (Å²) >= 11 is 0. The van der Waals surface area contributed by atoms with E-state index in [1.165, 1.54) is 6.33 Å². The Bertz CT molecular complexity index is 1830. The van der Waals surface area contributed by atoms with Crippen LogP contribution in [0.5, 0.6) is 11.5 Å². The zero-order valence-electron chi connectivity index (χ0n) is 26.5. The van der Waals surface area contributed by atoms with Gasteiger partial charge in [0.05, 0.1) is 32.8 Å². The van der Waals surface area contributed by atoms with Gasteiger partial charge in [0.25, 0.3) is 0 Å². The van der Waals surface area contributed by atoms with Gasteiger partial charge in [0.2, 0.25) is 0 Å². The summed E-state index contributed by atoms with van der Waals surface area (Å²) in [5, 5.41) is 14.8. The summed E-state index contributed by atoms with van der Waals surface area (Å²) in [6, 6.07) is 25.6. The molecule has 2 aromatic heterocycles. The first kappa shape index (κ1) is 32.6. The summed E-state index contributed by atoms with van der Waals surface area (Å²) in [6.45, 7) is 3.45. The first-order valence-electron chi connectivity index (χ1n) is 15.1. The van der Waals surface area contributed by atoms with Gasteiger partial charge < -0.3 is 34.4 Å². The monoisotopic (exact) mass is 659 g/mol. The maximum Gasteiger partial charge on any atom is 0.326 e. The molecule has 0 radical (unpaired) electrons. The third-order valence-electron chi connectivity index (χ3n) is 8.77. The van der Waals surface area contributed by atoms with Gasteiger partial charge in [-0.05, 0) is 41.0 Å². The highest BCUT2D eigenvalue weighted by Gasteiger charge is 2.46. The summed E-state index contributed by atoms with van der Waals surface area (Å²) in [6.07, 6.45) is 0.359. The fourth-order valence-corrected chi connectivity index (χ4v) is 7.70. The summed E-state index contributed by atoms with van der Waals surface area (Å²) in [4.78, 5) is 33.1. The second-order valence-electron chi connectivity index (χ2n) is 12.4. The molecule has 3 atom stereocenters. The number of fused-ring (bicyclic) bond motifs is 1. The van der Waals surface area contributed by atoms with Gasteiger partial charge in [0, 0.05) is 11.8 Å². The molecule has 246 valence electrons. The smallest absolute Gasteiger partial charge is 0.326 e. The molecule has 1 aliphatic rings. The highest BCUT2D eigenvalue weighted by atomic mass is 31.2. The molecule has 12 nitrogen and oxygen atoms in total. The van der Waals surface area contributed by atoms with E-state index < -0.39 is 37.0 Å². The van der Waals surface area contributed by atoms with Crippen molar-refractivity contribution in [3.05, 3.63) is 108 Å². The quantitative estimate of drug-likeness (QED) is 0.110. The molecule has 13 heteroatoms. The second-order valence-corrected chi connectivity index (χ2v) is 14.0. The Balaban J connectivity index is 1.46. The Hall–Kier alpha value is -4.32. The van der Waals surface area contributed by atoms with Gasteiger partial charge in [-0.2, -0.15) is 0 Å². The van der Waals surface area contributed by atoms with Gasteiger partial charge in [0.15, 0.2) is 23.2 Å². The molecule has 4 N–H and O–H groups in total. The van der Waals surface area contributed by atoms with E-state index in [9.17, 15) is 19.5 Å². The number of hydrogen-bond acceptors (Lipinski definition) is 9. The van der Waals surface area contributed by atoms with E-state index in [0.29, 0.717) is 28.5 Å². The number of ether oxygens (including phenoxy) is 3. The normalized spacial score (nSPS) is 18.7. The van der Waals surface area contributed by atoms with Crippen molar-refractivity contribution in [3.8, 4) is 11.5 Å². The van der Waals surface area contributed by atoms with Crippen molar-refractivity contribution >= 4 is 24.6 Å². The molecule has 3 aromatic carbocycles. The van der Waals surface area contributed by atoms with Crippen molar-refractivity contribution in [2.45, 2.75) is 44.2 Å². The van der Waals surface area contributed by atoms with Crippen LogP contribution in [0.25, 0.3) is 11.2 Å². The standard InChI is InChI=1S/C34H38N5O7P/c1-33(2,19-47(41,42)43)28-18-27(40)32(46-28)39-21-37-29-30(35-20-36-31(29)39)38-34(22-8-6-5-7-9-22,23-10-14-25(44-3)15-11-23)24-12-16-26(45-4)17-13-24/h5-17,20-21,27-28,32,40H,18-19H2,1-4H3,(H,35,36,38)(H2,41,42,43)/t27-,28+,32-/m1/s1. The number of imidazole rings is 1. The summed E-state index contributed by atoms with van der Waals surface area (Å²) < 4.78 is 30.7. The largest absolute Gasteiger partial charge is 0.497 e. The number of nitrogens with one attached hydrogen (secondary N) is 1. The van der Waals surface area contributed by atoms with Gasteiger partial charge in [0.1, 0.15) is 29.5 Å². The first-order valence-corrected chi connectivity index (χ1v) is 16.9. The molecule has 0 aliphatic carbocycles. The number of nitrogens with zero attached hydrogens (tertiary/aromatic N) is 4. The molecule has 1 fully saturated rings. The van der Waals surface area contributed by atoms with Gasteiger partial charge in [-0.1, -0.05) is 68.4 Å². The Labute approximate surface area is 272 Å². The molecule has 0 saturated carbocycles. The van der Waals surface area contributed by atoms with E-state index in [1.54, 1.807) is 39.0 Å². The fourth-order valence-electron chi connectivity index (χ4n) is 6.43. The molecule has 47 heavy (non-hydrogen) atoms. The lowest BCUT2D eigenvalue weighted by molar-refractivity contribution is -0.0662. The van der Waals surface area contributed by atoms with Crippen LogP contribution in [0.3, 0.4) is 0 Å². The zero-order valence-corrected chi connectivity index (χ0v) is 27.4. The fraction of sp³-hybridized carbons (Fsp3) is 0.324. The minimum Gasteiger partial charge on any atom is -0.497 e. The number of benzene rings is 3. The van der Waals surface area contributed by atoms with E-state index >= 15 is 0 Å². The number of hydrogen-bond donors (Lipinski definition) is 4. The lowest BCUT2D eigenvalue weighted by atomic mass is 9.77. The maximum atomic E-state index is 11.8. The molecular formula is C34H38N5O7P. The number of rotatable bonds is 11. The van der Waals surface area contributed by atoms with Gasteiger partial charge in [-0.15, -0.1) is 0 Å². The molecule has 0 unspecified atom stereocenters. The topological polar surface area (TPSA) is 161 Å². The summed E-state index contributed by atoms with van der Waals surface area (Å²) in [5.74, 6) is 1.87. The highest BCUT2D eigenvalue weighted by molar-refractivity contribution is 7.51. The highest BCUT2D eigenvalue weighted by Crippen LogP contribution is 2.48. The van der Waals surface area contributed by atoms with Crippen LogP contribution in [0.2, 0.25) is 0 Å². The van der Waals surface area contributed by atoms with Crippen LogP contribution in [-0.4, -0.2) is 67.0 Å². The Morgan fingerprint density at radius 2 is 1.47 bits per heavy atom. The average Bonchev–Trinajstić information content (AvgIpc) is 3.67. The Kier molecular flexibility index (Phi) is 8.82. The van der Waals surface area contributed by atoms with Crippen molar-refractivity contribution in [1.29, 1.82) is 0 Å². The van der Waals surface area contributed by atoms with E-state index in [2.05, 4.69) is 20.3 Å². The molecule has 3 heterocycles. The predicted molar refractivity (Wildman–Crippen MR) is 176 cm³/mol. The van der Waals surface area contributed by atoms with Crippen molar-refractivity contribution in [3.63, 3.8) is 0 Å². The second kappa shape index (κ2) is 12.7. The molecule has 6 rings (SSSR count). The van der Waals surface area contributed by atoms with Gasteiger partial charge in [-0.25, -0.2) is 15.0 Å². The van der Waals surface area contributed by atoms with Gasteiger partial charge in [-0.3, -0.25) is 9.13 Å². The van der Waals surface area contributed by atoms with Crippen molar-refractivity contribution < 1.29 is 33.7 Å². The number of anilines is 1. The van der Waals surface area contributed by atoms with Crippen molar-refractivity contribution in [2.75, 3.05) is 25.7 Å². The van der Waals surface area contributed by atoms with E-state index in [4.69, 9.17) is 14.2 Å². The molecule has 5 aromatic rings. The van der Waals surface area contributed by atoms with E-state index in [-0.39, 0.29) is 12.6 Å². The number of aromatic nitrogens is 4. The third-order valence-corrected chi connectivity index (χ3v) is 9.99. The van der Waals surface area contributed by atoms with Crippen molar-refractivity contribution in [2.24, 2.45) is 5.41 Å².